The zero-order valence-electron chi connectivity index (χ0n) is 10.3. The van der Waals surface area contributed by atoms with Crippen molar-refractivity contribution in [3.05, 3.63) is 52.9 Å². The minimum Gasteiger partial charge on any atom is -0.485 e. The number of carbonyl (C=O) groups excluding carboxylic acids is 2. The van der Waals surface area contributed by atoms with E-state index in [0.29, 0.717) is 10.8 Å². The molecule has 0 bridgehead atoms. The number of ether oxygens (including phenoxy) is 1. The third-order valence-corrected chi connectivity index (χ3v) is 2.74. The van der Waals surface area contributed by atoms with E-state index in [1.165, 1.54) is 12.3 Å². The molecule has 0 radical (unpaired) electrons. The molecule has 0 unspecified atom stereocenters. The van der Waals surface area contributed by atoms with E-state index in [-0.39, 0.29) is 17.9 Å². The number of hydrogen-bond acceptors (Lipinski definition) is 5. The Labute approximate surface area is 119 Å². The van der Waals surface area contributed by atoms with Crippen molar-refractivity contribution >= 4 is 23.3 Å². The normalized spacial score (nSPS) is 10.1. The molecule has 1 aromatic heterocycles. The number of halogens is 1. The van der Waals surface area contributed by atoms with Crippen molar-refractivity contribution in [1.29, 1.82) is 0 Å². The number of rotatable bonds is 5. The van der Waals surface area contributed by atoms with E-state index in [2.05, 4.69) is 0 Å². The third kappa shape index (κ3) is 3.17. The van der Waals surface area contributed by atoms with Crippen molar-refractivity contribution in [1.82, 2.24) is 5.43 Å². The lowest BCUT2D eigenvalue weighted by Gasteiger charge is -2.05. The number of amides is 1. The fourth-order valence-corrected chi connectivity index (χ4v) is 1.65. The fourth-order valence-electron chi connectivity index (χ4n) is 1.53. The highest BCUT2D eigenvalue weighted by molar-refractivity contribution is 6.30. The molecule has 1 amide bonds. The van der Waals surface area contributed by atoms with Gasteiger partial charge in [-0.05, 0) is 30.3 Å². The van der Waals surface area contributed by atoms with Crippen LogP contribution < -0.4 is 16.0 Å². The summed E-state index contributed by atoms with van der Waals surface area (Å²) in [5.74, 6) is 4.28. The van der Waals surface area contributed by atoms with Gasteiger partial charge >= 0.3 is 5.91 Å². The van der Waals surface area contributed by atoms with Crippen LogP contribution in [0.3, 0.4) is 0 Å². The summed E-state index contributed by atoms with van der Waals surface area (Å²) in [7, 11) is 0. The second-order valence-corrected chi connectivity index (χ2v) is 4.24. The Morgan fingerprint density at radius 3 is 2.60 bits per heavy atom. The summed E-state index contributed by atoms with van der Waals surface area (Å²) < 4.78 is 10.2. The summed E-state index contributed by atoms with van der Waals surface area (Å²) in [6.07, 6.45) is 1.24. The first-order valence-electron chi connectivity index (χ1n) is 5.62. The molecule has 6 nitrogen and oxygen atoms in total. The van der Waals surface area contributed by atoms with Crippen molar-refractivity contribution in [2.45, 2.75) is 0 Å². The Hall–Kier alpha value is -2.31. The maximum atomic E-state index is 12.0. The molecule has 2 aromatic rings. The molecule has 0 atom stereocenters. The maximum Gasteiger partial charge on any atom is 0.301 e. The average Bonchev–Trinajstić information content (AvgIpc) is 2.95. The number of hydrazine groups is 1. The smallest absolute Gasteiger partial charge is 0.301 e. The number of Topliss-reactive ketones (excluding diaryl/α,β-unsaturated/α-hetero) is 1. The maximum absolute atomic E-state index is 12.0. The summed E-state index contributed by atoms with van der Waals surface area (Å²) in [6, 6.07) is 7.95. The first kappa shape index (κ1) is 14.1. The van der Waals surface area contributed by atoms with Gasteiger partial charge < -0.3 is 9.15 Å². The summed E-state index contributed by atoms with van der Waals surface area (Å²) in [6.45, 7) is -0.230. The van der Waals surface area contributed by atoms with Gasteiger partial charge in [-0.15, -0.1) is 0 Å². The van der Waals surface area contributed by atoms with Gasteiger partial charge in [0, 0.05) is 5.02 Å². The van der Waals surface area contributed by atoms with Gasteiger partial charge in [-0.1, -0.05) is 11.6 Å². The minimum absolute atomic E-state index is 0.113. The summed E-state index contributed by atoms with van der Waals surface area (Å²) >= 11 is 5.74. The van der Waals surface area contributed by atoms with Crippen molar-refractivity contribution < 1.29 is 18.7 Å². The Bertz CT molecular complexity index is 622. The van der Waals surface area contributed by atoms with E-state index in [1.807, 2.05) is 5.43 Å². The zero-order chi connectivity index (χ0) is 14.5. The van der Waals surface area contributed by atoms with Crippen LogP contribution in [0.15, 0.2) is 41.0 Å². The average molecular weight is 295 g/mol. The SMILES string of the molecule is NNC(=O)c1occc1C(=O)COc1ccc(Cl)cc1. The second-order valence-electron chi connectivity index (χ2n) is 3.80. The quantitative estimate of drug-likeness (QED) is 0.379. The van der Waals surface area contributed by atoms with Crippen molar-refractivity contribution in [2.24, 2.45) is 5.84 Å². The van der Waals surface area contributed by atoms with Crippen LogP contribution in [0.5, 0.6) is 5.75 Å². The van der Waals surface area contributed by atoms with E-state index in [1.54, 1.807) is 24.3 Å². The minimum atomic E-state index is -0.676. The van der Waals surface area contributed by atoms with E-state index < -0.39 is 11.7 Å². The van der Waals surface area contributed by atoms with Crippen molar-refractivity contribution in [3.63, 3.8) is 0 Å². The van der Waals surface area contributed by atoms with E-state index in [0.717, 1.165) is 0 Å². The van der Waals surface area contributed by atoms with Gasteiger partial charge in [0.05, 0.1) is 11.8 Å². The molecule has 0 aliphatic rings. The Balaban J connectivity index is 2.04. The number of furan rings is 1. The monoisotopic (exact) mass is 294 g/mol. The first-order chi connectivity index (χ1) is 9.61. The van der Waals surface area contributed by atoms with Crippen LogP contribution in [0, 0.1) is 0 Å². The highest BCUT2D eigenvalue weighted by atomic mass is 35.5. The molecular formula is C13H11ClN2O4. The van der Waals surface area contributed by atoms with E-state index in [9.17, 15) is 9.59 Å². The van der Waals surface area contributed by atoms with Crippen LogP contribution in [-0.4, -0.2) is 18.3 Å². The lowest BCUT2D eigenvalue weighted by molar-refractivity contribution is 0.0885. The molecule has 0 saturated heterocycles. The highest BCUT2D eigenvalue weighted by Gasteiger charge is 2.20. The highest BCUT2D eigenvalue weighted by Crippen LogP contribution is 2.17. The molecule has 20 heavy (non-hydrogen) atoms. The van der Waals surface area contributed by atoms with Crippen LogP contribution in [0.4, 0.5) is 0 Å². The van der Waals surface area contributed by atoms with E-state index >= 15 is 0 Å². The lowest BCUT2D eigenvalue weighted by atomic mass is 10.1. The molecular weight excluding hydrogens is 284 g/mol. The van der Waals surface area contributed by atoms with Gasteiger partial charge in [-0.2, -0.15) is 0 Å². The van der Waals surface area contributed by atoms with Gasteiger partial charge in [0.25, 0.3) is 0 Å². The molecule has 7 heteroatoms. The largest absolute Gasteiger partial charge is 0.485 e. The van der Waals surface area contributed by atoms with E-state index in [4.69, 9.17) is 26.6 Å². The number of hydrogen-bond donors (Lipinski definition) is 2. The van der Waals surface area contributed by atoms with Crippen molar-refractivity contribution in [3.8, 4) is 5.75 Å². The predicted molar refractivity (Wildman–Crippen MR) is 71.6 cm³/mol. The molecule has 1 aromatic carbocycles. The van der Waals surface area contributed by atoms with Gasteiger partial charge in [0.2, 0.25) is 11.5 Å². The fraction of sp³-hybridized carbons (Fsp3) is 0.0769. The second kappa shape index (κ2) is 6.23. The number of carbonyl (C=O) groups is 2. The molecule has 1 heterocycles. The number of ketones is 1. The van der Waals surface area contributed by atoms with Crippen LogP contribution >= 0.6 is 11.6 Å². The molecule has 0 fully saturated rings. The Morgan fingerprint density at radius 1 is 1.25 bits per heavy atom. The van der Waals surface area contributed by atoms with Crippen LogP contribution in [0.1, 0.15) is 20.9 Å². The van der Waals surface area contributed by atoms with Crippen LogP contribution in [0.2, 0.25) is 5.02 Å². The molecule has 104 valence electrons. The third-order valence-electron chi connectivity index (χ3n) is 2.49. The van der Waals surface area contributed by atoms with Crippen molar-refractivity contribution in [2.75, 3.05) is 6.61 Å². The predicted octanol–water partition coefficient (Wildman–Crippen LogP) is 1.80. The van der Waals surface area contributed by atoms with Gasteiger partial charge in [-0.25, -0.2) is 5.84 Å². The summed E-state index contributed by atoms with van der Waals surface area (Å²) in [5.41, 5.74) is 2.02. The summed E-state index contributed by atoms with van der Waals surface area (Å²) in [5, 5.41) is 0.570. The van der Waals surface area contributed by atoms with Gasteiger partial charge in [-0.3, -0.25) is 15.0 Å². The van der Waals surface area contributed by atoms with Gasteiger partial charge in [0.15, 0.2) is 6.61 Å². The summed E-state index contributed by atoms with van der Waals surface area (Å²) in [4.78, 5) is 23.3. The zero-order valence-corrected chi connectivity index (χ0v) is 11.0. The van der Waals surface area contributed by atoms with Crippen LogP contribution in [-0.2, 0) is 0 Å². The number of benzene rings is 1. The molecule has 0 aliphatic carbocycles. The number of nitrogens with one attached hydrogen (secondary N) is 1. The van der Waals surface area contributed by atoms with Crippen LogP contribution in [0.25, 0.3) is 0 Å². The standard InChI is InChI=1S/C13H11ClN2O4/c14-8-1-3-9(4-2-8)20-7-11(17)10-5-6-19-12(10)13(18)16-15/h1-6H,7,15H2,(H,16,18). The number of nitrogens with two attached hydrogens (primary N) is 1. The Morgan fingerprint density at radius 2 is 1.95 bits per heavy atom. The first-order valence-corrected chi connectivity index (χ1v) is 5.99. The molecule has 0 spiro atoms. The molecule has 0 aliphatic heterocycles. The number of nitrogen functional groups attached to an aromatic ring is 1. The lowest BCUT2D eigenvalue weighted by Crippen LogP contribution is -2.31. The molecule has 0 saturated carbocycles. The molecule has 2 rings (SSSR count). The Kier molecular flexibility index (Phi) is 4.39. The molecule has 3 N–H and O–H groups in total. The topological polar surface area (TPSA) is 94.6 Å². The van der Waals surface area contributed by atoms with Gasteiger partial charge in [0.1, 0.15) is 5.75 Å².